The van der Waals surface area contributed by atoms with Crippen LogP contribution < -0.4 is 0 Å². The van der Waals surface area contributed by atoms with Crippen molar-refractivity contribution in [2.45, 2.75) is 91.5 Å². The van der Waals surface area contributed by atoms with Gasteiger partial charge in [-0.1, -0.05) is 34.6 Å². The third-order valence-electron chi connectivity index (χ3n) is 6.07. The van der Waals surface area contributed by atoms with Gasteiger partial charge in [-0.25, -0.2) is 0 Å². The van der Waals surface area contributed by atoms with Gasteiger partial charge < -0.3 is 18.9 Å². The molecule has 2 fully saturated rings. The lowest BCUT2D eigenvalue weighted by molar-refractivity contribution is -0.193. The lowest BCUT2D eigenvalue weighted by Crippen LogP contribution is -2.37. The van der Waals surface area contributed by atoms with Crippen molar-refractivity contribution in [3.63, 3.8) is 0 Å². The van der Waals surface area contributed by atoms with Gasteiger partial charge in [-0.3, -0.25) is 4.90 Å². The molecule has 0 aromatic carbocycles. The Morgan fingerprint density at radius 1 is 0.931 bits per heavy atom. The third-order valence-corrected chi connectivity index (χ3v) is 6.07. The molecule has 1 aliphatic heterocycles. The van der Waals surface area contributed by atoms with Crippen molar-refractivity contribution in [3.05, 3.63) is 0 Å². The van der Waals surface area contributed by atoms with Gasteiger partial charge in [0.2, 0.25) is 0 Å². The SMILES string of the molecule is CC.COCCN(CCOC)CCC1COC2(CCC(CCC(C)(C)C)CC2)O1. The van der Waals surface area contributed by atoms with E-state index in [1.807, 2.05) is 13.8 Å². The van der Waals surface area contributed by atoms with E-state index >= 15 is 0 Å². The van der Waals surface area contributed by atoms with Crippen LogP contribution in [0.5, 0.6) is 0 Å². The second-order valence-corrected chi connectivity index (χ2v) is 9.62. The van der Waals surface area contributed by atoms with E-state index in [-0.39, 0.29) is 11.9 Å². The second-order valence-electron chi connectivity index (χ2n) is 9.62. The molecule has 2 aliphatic rings. The van der Waals surface area contributed by atoms with Gasteiger partial charge >= 0.3 is 0 Å². The molecule has 0 aromatic rings. The Kier molecular flexibility index (Phi) is 12.9. The summed E-state index contributed by atoms with van der Waals surface area (Å²) in [4.78, 5) is 2.39. The third kappa shape index (κ3) is 10.6. The molecule has 1 heterocycles. The summed E-state index contributed by atoms with van der Waals surface area (Å²) in [5, 5.41) is 0. The number of hydrogen-bond acceptors (Lipinski definition) is 5. The highest BCUT2D eigenvalue weighted by atomic mass is 16.7. The zero-order chi connectivity index (χ0) is 21.8. The standard InChI is InChI=1S/C22H43NO4.C2H6/c1-21(2,3)10-6-19-7-11-22(12-8-19)26-18-20(27-22)9-13-23(14-16-24-4)15-17-25-5;1-2/h19-20H,6-18H2,1-5H3;1-2H3. The average Bonchev–Trinajstić information content (AvgIpc) is 3.10. The molecule has 1 spiro atoms. The smallest absolute Gasteiger partial charge is 0.168 e. The molecule has 1 saturated carbocycles. The van der Waals surface area contributed by atoms with E-state index in [0.717, 1.165) is 64.6 Å². The average molecular weight is 416 g/mol. The topological polar surface area (TPSA) is 40.2 Å². The molecule has 0 radical (unpaired) electrons. The molecular weight excluding hydrogens is 366 g/mol. The summed E-state index contributed by atoms with van der Waals surface area (Å²) in [5.41, 5.74) is 0.443. The van der Waals surface area contributed by atoms with E-state index in [0.29, 0.717) is 5.41 Å². The molecule has 0 N–H and O–H groups in total. The largest absolute Gasteiger partial charge is 0.383 e. The summed E-state index contributed by atoms with van der Waals surface area (Å²) in [6.45, 7) is 16.2. The predicted molar refractivity (Wildman–Crippen MR) is 120 cm³/mol. The first-order valence-corrected chi connectivity index (χ1v) is 11.9. The molecule has 0 amide bonds. The Labute approximate surface area is 180 Å². The number of methoxy groups -OCH3 is 2. The molecular formula is C24H49NO4. The number of hydrogen-bond donors (Lipinski definition) is 0. The van der Waals surface area contributed by atoms with Crippen LogP contribution in [0.3, 0.4) is 0 Å². The molecule has 0 aromatic heterocycles. The minimum atomic E-state index is -0.285. The number of rotatable bonds is 11. The first-order chi connectivity index (χ1) is 13.9. The lowest BCUT2D eigenvalue weighted by Gasteiger charge is -2.36. The molecule has 0 bridgehead atoms. The van der Waals surface area contributed by atoms with Crippen molar-refractivity contribution >= 4 is 0 Å². The molecule has 1 unspecified atom stereocenters. The fourth-order valence-electron chi connectivity index (χ4n) is 4.17. The minimum Gasteiger partial charge on any atom is -0.383 e. The molecule has 2 rings (SSSR count). The number of ether oxygens (including phenoxy) is 4. The zero-order valence-corrected chi connectivity index (χ0v) is 20.4. The Morgan fingerprint density at radius 3 is 2.03 bits per heavy atom. The molecule has 5 heteroatoms. The van der Waals surface area contributed by atoms with Crippen LogP contribution >= 0.6 is 0 Å². The van der Waals surface area contributed by atoms with Crippen molar-refractivity contribution in [3.8, 4) is 0 Å². The summed E-state index contributed by atoms with van der Waals surface area (Å²) < 4.78 is 23.1. The van der Waals surface area contributed by atoms with Crippen LogP contribution in [0.15, 0.2) is 0 Å². The highest BCUT2D eigenvalue weighted by Gasteiger charge is 2.44. The molecule has 1 saturated heterocycles. The Balaban J connectivity index is 0.00000204. The first kappa shape index (κ1) is 26.8. The fraction of sp³-hybridized carbons (Fsp3) is 1.00. The monoisotopic (exact) mass is 415 g/mol. The van der Waals surface area contributed by atoms with E-state index in [1.54, 1.807) is 14.2 Å². The Morgan fingerprint density at radius 2 is 1.52 bits per heavy atom. The van der Waals surface area contributed by atoms with E-state index in [9.17, 15) is 0 Å². The van der Waals surface area contributed by atoms with E-state index in [1.165, 1.54) is 25.7 Å². The highest BCUT2D eigenvalue weighted by molar-refractivity contribution is 4.86. The van der Waals surface area contributed by atoms with Crippen LogP contribution in [0.2, 0.25) is 0 Å². The minimum absolute atomic E-state index is 0.226. The molecule has 5 nitrogen and oxygen atoms in total. The van der Waals surface area contributed by atoms with Crippen LogP contribution in [0, 0.1) is 11.3 Å². The quantitative estimate of drug-likeness (QED) is 0.468. The molecule has 29 heavy (non-hydrogen) atoms. The van der Waals surface area contributed by atoms with Gasteiger partial charge in [0.25, 0.3) is 0 Å². The van der Waals surface area contributed by atoms with Gasteiger partial charge in [0.1, 0.15) is 0 Å². The van der Waals surface area contributed by atoms with Crippen molar-refractivity contribution in [2.24, 2.45) is 11.3 Å². The normalized spacial score (nSPS) is 27.3. The Hall–Kier alpha value is -0.200. The van der Waals surface area contributed by atoms with Crippen LogP contribution in [0.1, 0.15) is 79.6 Å². The van der Waals surface area contributed by atoms with Gasteiger partial charge in [0.15, 0.2) is 5.79 Å². The zero-order valence-electron chi connectivity index (χ0n) is 20.4. The first-order valence-electron chi connectivity index (χ1n) is 11.9. The maximum absolute atomic E-state index is 6.43. The van der Waals surface area contributed by atoms with Gasteiger partial charge in [-0.15, -0.1) is 0 Å². The number of nitrogens with zero attached hydrogens (tertiary/aromatic N) is 1. The van der Waals surface area contributed by atoms with Gasteiger partial charge in [0, 0.05) is 46.7 Å². The van der Waals surface area contributed by atoms with Gasteiger partial charge in [-0.05, 0) is 43.4 Å². The highest BCUT2D eigenvalue weighted by Crippen LogP contribution is 2.42. The summed E-state index contributed by atoms with van der Waals surface area (Å²) in [5.74, 6) is 0.562. The van der Waals surface area contributed by atoms with Crippen LogP contribution in [0.4, 0.5) is 0 Å². The van der Waals surface area contributed by atoms with Crippen LogP contribution in [-0.2, 0) is 18.9 Å². The molecule has 1 aliphatic carbocycles. The summed E-state index contributed by atoms with van der Waals surface area (Å²) in [7, 11) is 3.51. The lowest BCUT2D eigenvalue weighted by atomic mass is 9.79. The second kappa shape index (κ2) is 14.0. The van der Waals surface area contributed by atoms with Crippen LogP contribution in [-0.4, -0.2) is 70.5 Å². The molecule has 174 valence electrons. The maximum atomic E-state index is 6.43. The van der Waals surface area contributed by atoms with Crippen molar-refractivity contribution in [1.82, 2.24) is 4.90 Å². The van der Waals surface area contributed by atoms with Gasteiger partial charge in [-0.2, -0.15) is 0 Å². The molecule has 1 atom stereocenters. The Bertz CT molecular complexity index is 394. The van der Waals surface area contributed by atoms with Crippen molar-refractivity contribution in [2.75, 3.05) is 53.7 Å². The van der Waals surface area contributed by atoms with E-state index < -0.39 is 0 Å². The fourth-order valence-corrected chi connectivity index (χ4v) is 4.17. The predicted octanol–water partition coefficient (Wildman–Crippen LogP) is 5.13. The summed E-state index contributed by atoms with van der Waals surface area (Å²) in [6.07, 6.45) is 8.52. The summed E-state index contributed by atoms with van der Waals surface area (Å²) >= 11 is 0. The van der Waals surface area contributed by atoms with E-state index in [4.69, 9.17) is 18.9 Å². The van der Waals surface area contributed by atoms with Crippen molar-refractivity contribution in [1.29, 1.82) is 0 Å². The van der Waals surface area contributed by atoms with Crippen LogP contribution in [0.25, 0.3) is 0 Å². The van der Waals surface area contributed by atoms with E-state index in [2.05, 4.69) is 25.7 Å². The van der Waals surface area contributed by atoms with Crippen molar-refractivity contribution < 1.29 is 18.9 Å². The summed E-state index contributed by atoms with van der Waals surface area (Å²) in [6, 6.07) is 0. The van der Waals surface area contributed by atoms with Gasteiger partial charge in [0.05, 0.1) is 25.9 Å². The maximum Gasteiger partial charge on any atom is 0.168 e.